The normalized spacial score (nSPS) is 50.2. The molecule has 5 fully saturated rings. The molecular weight excluding hydrogens is 432 g/mol. The molecule has 186 valence electrons. The zero-order valence-electron chi connectivity index (χ0n) is 20.4. The Bertz CT molecular complexity index is 949. The van der Waals surface area contributed by atoms with Gasteiger partial charge in [-0.15, -0.1) is 0 Å². The summed E-state index contributed by atoms with van der Waals surface area (Å²) >= 11 is 0. The standard InChI is InChI=1S/C28H38O6/c1-26-11-10-18(30)12-17(26)8-9-19-20-13-23-28(22(32)15-29,27(20,2)14-21(31)24(19)26)34-25(33-23)16-6-4-3-5-7-16/h10-12,16,19-21,23-25,29,31H,3-9,13-15H2,1-2H3/t19-,20-,21-,23+,24+,25?,26-,27-,28+/m0/s1. The van der Waals surface area contributed by atoms with Crippen molar-refractivity contribution in [3.8, 4) is 0 Å². The molecule has 0 radical (unpaired) electrons. The molecule has 6 aliphatic rings. The lowest BCUT2D eigenvalue weighted by Gasteiger charge is -2.59. The van der Waals surface area contributed by atoms with Crippen LogP contribution in [0.15, 0.2) is 23.8 Å². The Morgan fingerprint density at radius 2 is 1.94 bits per heavy atom. The van der Waals surface area contributed by atoms with Crippen LogP contribution in [0.25, 0.3) is 0 Å². The van der Waals surface area contributed by atoms with E-state index in [1.165, 1.54) is 6.42 Å². The molecule has 1 heterocycles. The van der Waals surface area contributed by atoms with Gasteiger partial charge in [0, 0.05) is 22.7 Å². The maximum Gasteiger partial charge on any atom is 0.193 e. The lowest BCUT2D eigenvalue weighted by atomic mass is 9.46. The summed E-state index contributed by atoms with van der Waals surface area (Å²) in [6.45, 7) is 3.69. The lowest BCUT2D eigenvalue weighted by Crippen LogP contribution is -2.63. The number of aliphatic hydroxyl groups is 2. The number of rotatable bonds is 3. The number of hydrogen-bond donors (Lipinski definition) is 2. The first-order chi connectivity index (χ1) is 16.2. The van der Waals surface area contributed by atoms with Crippen LogP contribution in [0.4, 0.5) is 0 Å². The number of ether oxygens (including phenoxy) is 2. The van der Waals surface area contributed by atoms with Gasteiger partial charge in [0.15, 0.2) is 23.5 Å². The minimum absolute atomic E-state index is 0.0100. The quantitative estimate of drug-likeness (QED) is 0.656. The fourth-order valence-corrected chi connectivity index (χ4v) is 9.33. The predicted molar refractivity (Wildman–Crippen MR) is 125 cm³/mol. The highest BCUT2D eigenvalue weighted by atomic mass is 16.7. The highest BCUT2D eigenvalue weighted by Crippen LogP contribution is 2.70. The Morgan fingerprint density at radius 3 is 2.68 bits per heavy atom. The zero-order valence-corrected chi connectivity index (χ0v) is 20.4. The molecule has 0 aromatic carbocycles. The Labute approximate surface area is 201 Å². The van der Waals surface area contributed by atoms with Crippen molar-refractivity contribution in [2.45, 2.75) is 95.7 Å². The summed E-state index contributed by atoms with van der Waals surface area (Å²) in [6, 6.07) is 0. The van der Waals surface area contributed by atoms with Gasteiger partial charge in [0.05, 0.1) is 12.2 Å². The second-order valence-corrected chi connectivity index (χ2v) is 12.3. The molecule has 4 saturated carbocycles. The van der Waals surface area contributed by atoms with Gasteiger partial charge in [-0.1, -0.05) is 44.8 Å². The van der Waals surface area contributed by atoms with Crippen molar-refractivity contribution in [2.24, 2.45) is 34.5 Å². The van der Waals surface area contributed by atoms with Crippen molar-refractivity contribution in [1.29, 1.82) is 0 Å². The number of aliphatic hydroxyl groups excluding tert-OH is 2. The van der Waals surface area contributed by atoms with Crippen LogP contribution in [-0.2, 0) is 19.1 Å². The predicted octanol–water partition coefficient (Wildman–Crippen LogP) is 3.50. The summed E-state index contributed by atoms with van der Waals surface area (Å²) in [4.78, 5) is 25.6. The molecule has 6 rings (SSSR count). The minimum Gasteiger partial charge on any atom is -0.393 e. The maximum absolute atomic E-state index is 13.5. The zero-order chi connectivity index (χ0) is 23.9. The number of carbonyl (C=O) groups is 2. The number of fused-ring (bicyclic) bond motifs is 7. The van der Waals surface area contributed by atoms with E-state index in [1.807, 2.05) is 6.08 Å². The third kappa shape index (κ3) is 2.89. The third-order valence-corrected chi connectivity index (χ3v) is 10.8. The Kier molecular flexibility index (Phi) is 5.31. The van der Waals surface area contributed by atoms with Crippen LogP contribution >= 0.6 is 0 Å². The molecule has 1 aliphatic heterocycles. The summed E-state index contributed by atoms with van der Waals surface area (Å²) in [6.07, 6.45) is 12.5. The average molecular weight is 471 g/mol. The monoisotopic (exact) mass is 470 g/mol. The first-order valence-corrected chi connectivity index (χ1v) is 13.3. The van der Waals surface area contributed by atoms with Crippen LogP contribution in [0.2, 0.25) is 0 Å². The lowest BCUT2D eigenvalue weighted by molar-refractivity contribution is -0.209. The average Bonchev–Trinajstić information content (AvgIpc) is 3.32. The number of ketones is 2. The highest BCUT2D eigenvalue weighted by Gasteiger charge is 2.76. The number of allylic oxidation sites excluding steroid dienone is 4. The van der Waals surface area contributed by atoms with Gasteiger partial charge in [-0.05, 0) is 62.5 Å². The van der Waals surface area contributed by atoms with Crippen LogP contribution in [-0.4, -0.2) is 52.5 Å². The van der Waals surface area contributed by atoms with Gasteiger partial charge >= 0.3 is 0 Å². The highest BCUT2D eigenvalue weighted by molar-refractivity contribution is 6.01. The molecule has 34 heavy (non-hydrogen) atoms. The van der Waals surface area contributed by atoms with E-state index in [1.54, 1.807) is 12.2 Å². The molecule has 0 spiro atoms. The fourth-order valence-electron chi connectivity index (χ4n) is 9.33. The van der Waals surface area contributed by atoms with Gasteiger partial charge in [0.1, 0.15) is 6.61 Å². The van der Waals surface area contributed by atoms with Crippen molar-refractivity contribution in [1.82, 2.24) is 0 Å². The maximum atomic E-state index is 13.5. The van der Waals surface area contributed by atoms with Crippen LogP contribution in [0.3, 0.4) is 0 Å². The van der Waals surface area contributed by atoms with E-state index in [9.17, 15) is 19.8 Å². The van der Waals surface area contributed by atoms with Crippen molar-refractivity contribution in [2.75, 3.05) is 6.61 Å². The molecule has 0 aromatic rings. The summed E-state index contributed by atoms with van der Waals surface area (Å²) in [7, 11) is 0. The molecule has 1 saturated heterocycles. The topological polar surface area (TPSA) is 93.1 Å². The fraction of sp³-hybridized carbons (Fsp3) is 0.786. The Hall–Kier alpha value is -1.34. The van der Waals surface area contributed by atoms with E-state index < -0.39 is 30.0 Å². The van der Waals surface area contributed by atoms with Crippen molar-refractivity contribution >= 4 is 11.6 Å². The van der Waals surface area contributed by atoms with E-state index >= 15 is 0 Å². The van der Waals surface area contributed by atoms with E-state index in [-0.39, 0.29) is 46.8 Å². The molecule has 0 aromatic heterocycles. The Balaban J connectivity index is 1.37. The van der Waals surface area contributed by atoms with E-state index in [0.717, 1.165) is 50.5 Å². The molecule has 6 heteroatoms. The third-order valence-electron chi connectivity index (χ3n) is 10.8. The molecule has 6 nitrogen and oxygen atoms in total. The van der Waals surface area contributed by atoms with E-state index in [4.69, 9.17) is 9.47 Å². The van der Waals surface area contributed by atoms with E-state index in [0.29, 0.717) is 6.42 Å². The number of hydrogen-bond acceptors (Lipinski definition) is 6. The second-order valence-electron chi connectivity index (χ2n) is 12.3. The summed E-state index contributed by atoms with van der Waals surface area (Å²) in [5.41, 5.74) is -1.04. The minimum atomic E-state index is -1.20. The molecule has 0 amide bonds. The van der Waals surface area contributed by atoms with Crippen molar-refractivity contribution < 1.29 is 29.3 Å². The first kappa shape index (κ1) is 23.1. The number of Topliss-reactive ketones (excluding diaryl/α,β-unsaturated/α-hetero) is 1. The van der Waals surface area contributed by atoms with Gasteiger partial charge in [-0.25, -0.2) is 0 Å². The molecular formula is C28H38O6. The Morgan fingerprint density at radius 1 is 1.18 bits per heavy atom. The molecule has 9 atom stereocenters. The van der Waals surface area contributed by atoms with Crippen LogP contribution in [0.1, 0.15) is 71.6 Å². The molecule has 5 aliphatic carbocycles. The molecule has 0 bridgehead atoms. The second kappa shape index (κ2) is 7.83. The van der Waals surface area contributed by atoms with Gasteiger partial charge in [-0.2, -0.15) is 0 Å². The number of carbonyl (C=O) groups excluding carboxylic acids is 2. The van der Waals surface area contributed by atoms with Crippen LogP contribution < -0.4 is 0 Å². The van der Waals surface area contributed by atoms with Gasteiger partial charge in [0.25, 0.3) is 0 Å². The largest absolute Gasteiger partial charge is 0.393 e. The van der Waals surface area contributed by atoms with E-state index in [2.05, 4.69) is 13.8 Å². The van der Waals surface area contributed by atoms with Gasteiger partial charge in [0.2, 0.25) is 0 Å². The smallest absolute Gasteiger partial charge is 0.193 e. The van der Waals surface area contributed by atoms with Crippen molar-refractivity contribution in [3.63, 3.8) is 0 Å². The summed E-state index contributed by atoms with van der Waals surface area (Å²) in [5.74, 6) is 0.360. The molecule has 2 N–H and O–H groups in total. The summed E-state index contributed by atoms with van der Waals surface area (Å²) in [5, 5.41) is 21.7. The van der Waals surface area contributed by atoms with Crippen LogP contribution in [0.5, 0.6) is 0 Å². The van der Waals surface area contributed by atoms with Gasteiger partial charge in [-0.3, -0.25) is 9.59 Å². The van der Waals surface area contributed by atoms with Gasteiger partial charge < -0.3 is 19.7 Å². The first-order valence-electron chi connectivity index (χ1n) is 13.3. The van der Waals surface area contributed by atoms with Crippen LogP contribution in [0, 0.1) is 34.5 Å². The SMILES string of the molecule is C[C@]12C=CC(=O)C=C1CC[C@@H]1[C@@H]2[C@@H](O)C[C@@]2(C)[C@H]1C[C@H]1OC(C3CCCCC3)O[C@]12C(=O)CO. The molecule has 1 unspecified atom stereocenters. The summed E-state index contributed by atoms with van der Waals surface area (Å²) < 4.78 is 13.3. The van der Waals surface area contributed by atoms with Crippen molar-refractivity contribution in [3.05, 3.63) is 23.8 Å².